The molecule has 0 spiro atoms. The molecule has 3 nitrogen and oxygen atoms in total. The van der Waals surface area contributed by atoms with Gasteiger partial charge in [0.2, 0.25) is 0 Å². The van der Waals surface area contributed by atoms with Crippen LogP contribution in [0.15, 0.2) is 24.3 Å². The molecule has 1 aromatic heterocycles. The highest BCUT2D eigenvalue weighted by molar-refractivity contribution is 5.68. The number of hydrogen-bond acceptors (Lipinski definition) is 2. The van der Waals surface area contributed by atoms with Crippen LogP contribution in [0.25, 0.3) is 11.1 Å². The van der Waals surface area contributed by atoms with Gasteiger partial charge in [0.1, 0.15) is 0 Å². The van der Waals surface area contributed by atoms with Gasteiger partial charge in [0.05, 0.1) is 5.69 Å². The van der Waals surface area contributed by atoms with Gasteiger partial charge in [-0.2, -0.15) is 5.10 Å². The highest BCUT2D eigenvalue weighted by Crippen LogP contribution is 2.48. The maximum atomic E-state index is 4.54. The average Bonchev–Trinajstić information content (AvgIpc) is 3.14. The van der Waals surface area contributed by atoms with Crippen molar-refractivity contribution in [3.8, 4) is 11.1 Å². The number of benzene rings is 1. The fourth-order valence-corrected chi connectivity index (χ4v) is 4.51. The predicted molar refractivity (Wildman–Crippen MR) is 99.2 cm³/mol. The molecular formula is C21H29N3. The summed E-state index contributed by atoms with van der Waals surface area (Å²) in [6, 6.07) is 10.1. The Morgan fingerprint density at radius 1 is 1.17 bits per heavy atom. The third-order valence-electron chi connectivity index (χ3n) is 6.22. The molecule has 0 amide bonds. The van der Waals surface area contributed by atoms with Gasteiger partial charge < -0.3 is 4.90 Å². The minimum atomic E-state index is 0.781. The Morgan fingerprint density at radius 3 is 2.50 bits per heavy atom. The fraction of sp³-hybridized carbons (Fsp3) is 0.571. The van der Waals surface area contributed by atoms with Crippen molar-refractivity contribution in [1.82, 2.24) is 14.7 Å². The van der Waals surface area contributed by atoms with Crippen LogP contribution in [0.4, 0.5) is 0 Å². The van der Waals surface area contributed by atoms with Crippen LogP contribution in [-0.2, 0) is 7.05 Å². The van der Waals surface area contributed by atoms with Gasteiger partial charge in [-0.1, -0.05) is 24.3 Å². The number of likely N-dealkylation sites (tertiary alicyclic amines) is 1. The van der Waals surface area contributed by atoms with Crippen LogP contribution in [0.3, 0.4) is 0 Å². The Kier molecular flexibility index (Phi) is 4.00. The molecule has 0 bridgehead atoms. The molecule has 2 fully saturated rings. The predicted octanol–water partition coefficient (Wildman–Crippen LogP) is 4.29. The van der Waals surface area contributed by atoms with Gasteiger partial charge in [0.25, 0.3) is 0 Å². The van der Waals surface area contributed by atoms with E-state index < -0.39 is 0 Å². The van der Waals surface area contributed by atoms with Crippen molar-refractivity contribution >= 4 is 0 Å². The lowest BCUT2D eigenvalue weighted by molar-refractivity contribution is 0.256. The summed E-state index contributed by atoms with van der Waals surface area (Å²) in [6.45, 7) is 9.25. The van der Waals surface area contributed by atoms with Crippen LogP contribution in [0.2, 0.25) is 0 Å². The molecule has 1 saturated heterocycles. The van der Waals surface area contributed by atoms with E-state index in [4.69, 9.17) is 0 Å². The molecule has 0 N–H and O–H groups in total. The van der Waals surface area contributed by atoms with Crippen molar-refractivity contribution in [2.45, 2.75) is 52.0 Å². The van der Waals surface area contributed by atoms with E-state index in [-0.39, 0.29) is 0 Å². The topological polar surface area (TPSA) is 21.1 Å². The lowest BCUT2D eigenvalue weighted by Crippen LogP contribution is -2.29. The summed E-state index contributed by atoms with van der Waals surface area (Å²) in [4.78, 5) is 2.70. The molecule has 2 aromatic rings. The van der Waals surface area contributed by atoms with Gasteiger partial charge in [-0.15, -0.1) is 0 Å². The van der Waals surface area contributed by atoms with E-state index in [2.05, 4.69) is 55.0 Å². The largest absolute Gasteiger partial charge is 0.300 e. The third-order valence-corrected chi connectivity index (χ3v) is 6.22. The highest BCUT2D eigenvalue weighted by atomic mass is 15.3. The Bertz CT molecular complexity index is 728. The molecule has 1 aromatic carbocycles. The Balaban J connectivity index is 1.45. The number of hydrogen-bond donors (Lipinski definition) is 0. The van der Waals surface area contributed by atoms with Crippen molar-refractivity contribution in [2.24, 2.45) is 13.0 Å². The average molecular weight is 323 g/mol. The lowest BCUT2D eigenvalue weighted by atomic mass is 10.0. The smallest absolute Gasteiger partial charge is 0.0674 e. The first kappa shape index (κ1) is 15.9. The summed E-state index contributed by atoms with van der Waals surface area (Å²) in [5.41, 5.74) is 6.48. The van der Waals surface area contributed by atoms with Gasteiger partial charge in [0, 0.05) is 30.9 Å². The van der Waals surface area contributed by atoms with Gasteiger partial charge in [-0.05, 0) is 69.5 Å². The maximum Gasteiger partial charge on any atom is 0.0674 e. The molecule has 3 heteroatoms. The van der Waals surface area contributed by atoms with Crippen LogP contribution >= 0.6 is 0 Å². The summed E-state index contributed by atoms with van der Waals surface area (Å²) in [5.74, 6) is 1.65. The Hall–Kier alpha value is -1.61. The molecule has 1 aliphatic heterocycles. The zero-order chi connectivity index (χ0) is 16.8. The summed E-state index contributed by atoms with van der Waals surface area (Å²) >= 11 is 0. The van der Waals surface area contributed by atoms with Crippen molar-refractivity contribution in [1.29, 1.82) is 0 Å². The van der Waals surface area contributed by atoms with Gasteiger partial charge in [-0.3, -0.25) is 4.68 Å². The second-order valence-electron chi connectivity index (χ2n) is 7.88. The third kappa shape index (κ3) is 2.79. The van der Waals surface area contributed by atoms with Gasteiger partial charge in [-0.25, -0.2) is 0 Å². The van der Waals surface area contributed by atoms with Crippen LogP contribution in [0.1, 0.15) is 49.1 Å². The second kappa shape index (κ2) is 6.03. The molecule has 128 valence electrons. The number of aryl methyl sites for hydroxylation is 2. The minimum Gasteiger partial charge on any atom is -0.300 e. The molecule has 4 rings (SSSR count). The molecule has 1 saturated carbocycles. The van der Waals surface area contributed by atoms with E-state index in [9.17, 15) is 0 Å². The van der Waals surface area contributed by atoms with Crippen molar-refractivity contribution in [2.75, 3.05) is 13.1 Å². The van der Waals surface area contributed by atoms with E-state index in [0.717, 1.165) is 23.6 Å². The SMILES string of the molecule is Cc1nn(C)c(C)c1-c1ccc([C@H]2CC2CN2CCC[C@@H]2C)cc1. The number of rotatable bonds is 4. The molecule has 1 aliphatic carbocycles. The van der Waals surface area contributed by atoms with Crippen LogP contribution in [0.5, 0.6) is 0 Å². The summed E-state index contributed by atoms with van der Waals surface area (Å²) in [5, 5.41) is 4.54. The van der Waals surface area contributed by atoms with E-state index in [1.54, 1.807) is 0 Å². The first-order valence-electron chi connectivity index (χ1n) is 9.39. The number of aromatic nitrogens is 2. The standard InChI is InChI=1S/C21H29N3/c1-14-6-5-11-24(14)13-19-12-20(19)17-7-9-18(10-8-17)21-15(2)22-23(4)16(21)3/h7-10,14,19-20H,5-6,11-13H2,1-4H3/t14-,19?,20+/m0/s1. The zero-order valence-corrected chi connectivity index (χ0v) is 15.4. The normalized spacial score (nSPS) is 26.9. The quantitative estimate of drug-likeness (QED) is 0.837. The molecule has 3 atom stereocenters. The molecule has 2 heterocycles. The Labute approximate surface area is 145 Å². The summed E-state index contributed by atoms with van der Waals surface area (Å²) in [7, 11) is 2.02. The molecule has 1 unspecified atom stereocenters. The van der Waals surface area contributed by atoms with Gasteiger partial charge >= 0.3 is 0 Å². The molecule has 0 radical (unpaired) electrons. The van der Waals surface area contributed by atoms with E-state index in [1.165, 1.54) is 54.7 Å². The summed E-state index contributed by atoms with van der Waals surface area (Å²) < 4.78 is 1.98. The molecular weight excluding hydrogens is 294 g/mol. The maximum absolute atomic E-state index is 4.54. The first-order chi connectivity index (χ1) is 11.5. The monoisotopic (exact) mass is 323 g/mol. The summed E-state index contributed by atoms with van der Waals surface area (Å²) in [6.07, 6.45) is 4.14. The first-order valence-corrected chi connectivity index (χ1v) is 9.39. The number of nitrogens with zero attached hydrogens (tertiary/aromatic N) is 3. The highest BCUT2D eigenvalue weighted by Gasteiger charge is 2.40. The van der Waals surface area contributed by atoms with E-state index >= 15 is 0 Å². The Morgan fingerprint density at radius 2 is 1.92 bits per heavy atom. The fourth-order valence-electron chi connectivity index (χ4n) is 4.51. The van der Waals surface area contributed by atoms with Crippen molar-refractivity contribution in [3.05, 3.63) is 41.2 Å². The van der Waals surface area contributed by atoms with Crippen LogP contribution < -0.4 is 0 Å². The van der Waals surface area contributed by atoms with E-state index in [1.807, 2.05) is 11.7 Å². The lowest BCUT2D eigenvalue weighted by Gasteiger charge is -2.20. The zero-order valence-electron chi connectivity index (χ0n) is 15.4. The second-order valence-corrected chi connectivity index (χ2v) is 7.88. The van der Waals surface area contributed by atoms with Crippen LogP contribution in [0, 0.1) is 19.8 Å². The molecule has 2 aliphatic rings. The van der Waals surface area contributed by atoms with Crippen molar-refractivity contribution in [3.63, 3.8) is 0 Å². The minimum absolute atomic E-state index is 0.781. The van der Waals surface area contributed by atoms with Gasteiger partial charge in [0.15, 0.2) is 0 Å². The molecule has 24 heavy (non-hydrogen) atoms. The van der Waals surface area contributed by atoms with E-state index in [0.29, 0.717) is 0 Å². The van der Waals surface area contributed by atoms with Crippen molar-refractivity contribution < 1.29 is 0 Å². The van der Waals surface area contributed by atoms with Crippen LogP contribution in [-0.4, -0.2) is 33.8 Å².